The molecule has 1 aromatic carbocycles. The fourth-order valence-corrected chi connectivity index (χ4v) is 1.91. The van der Waals surface area contributed by atoms with Crippen molar-refractivity contribution in [3.8, 4) is 11.3 Å². The molecule has 1 aromatic heterocycles. The van der Waals surface area contributed by atoms with Gasteiger partial charge in [-0.2, -0.15) is 5.10 Å². The first-order valence-electron chi connectivity index (χ1n) is 5.11. The number of benzene rings is 1. The topological polar surface area (TPSA) is 61.0 Å². The molecule has 0 radical (unpaired) electrons. The Morgan fingerprint density at radius 2 is 2.06 bits per heavy atom. The SMILES string of the molecule is CCn1nc(-c2ccccc2)c([N+](=O)[O-])c1Cl. The van der Waals surface area contributed by atoms with Crippen LogP contribution < -0.4 is 0 Å². The van der Waals surface area contributed by atoms with Gasteiger partial charge in [0.1, 0.15) is 0 Å². The minimum atomic E-state index is -0.496. The third kappa shape index (κ3) is 2.01. The maximum atomic E-state index is 11.0. The van der Waals surface area contributed by atoms with Gasteiger partial charge in [-0.05, 0) is 6.92 Å². The summed E-state index contributed by atoms with van der Waals surface area (Å²) in [5.74, 6) is 0. The number of halogens is 1. The Labute approximate surface area is 103 Å². The van der Waals surface area contributed by atoms with E-state index in [1.807, 2.05) is 13.0 Å². The standard InChI is InChI=1S/C11H10ClN3O2/c1-2-14-11(12)10(15(16)17)9(13-14)8-6-4-3-5-7-8/h3-7H,2H2,1H3. The minimum absolute atomic E-state index is 0.0661. The lowest BCUT2D eigenvalue weighted by Gasteiger charge is -1.95. The van der Waals surface area contributed by atoms with E-state index in [4.69, 9.17) is 11.6 Å². The van der Waals surface area contributed by atoms with Gasteiger partial charge in [0, 0.05) is 12.1 Å². The molecule has 2 rings (SSSR count). The van der Waals surface area contributed by atoms with E-state index < -0.39 is 4.92 Å². The van der Waals surface area contributed by atoms with E-state index in [2.05, 4.69) is 5.10 Å². The van der Waals surface area contributed by atoms with Crippen molar-refractivity contribution in [2.24, 2.45) is 0 Å². The summed E-state index contributed by atoms with van der Waals surface area (Å²) in [4.78, 5) is 10.5. The summed E-state index contributed by atoms with van der Waals surface area (Å²) in [6.07, 6.45) is 0. The van der Waals surface area contributed by atoms with Crippen LogP contribution >= 0.6 is 11.6 Å². The van der Waals surface area contributed by atoms with Crippen molar-refractivity contribution < 1.29 is 4.92 Å². The molecule has 0 unspecified atom stereocenters. The molecule has 0 bridgehead atoms. The monoisotopic (exact) mass is 251 g/mol. The summed E-state index contributed by atoms with van der Waals surface area (Å²) in [5, 5.41) is 15.2. The van der Waals surface area contributed by atoms with Gasteiger partial charge in [0.15, 0.2) is 5.69 Å². The van der Waals surface area contributed by atoms with Gasteiger partial charge in [-0.3, -0.25) is 10.1 Å². The summed E-state index contributed by atoms with van der Waals surface area (Å²) in [6, 6.07) is 8.99. The van der Waals surface area contributed by atoms with Crippen LogP contribution in [0.1, 0.15) is 6.92 Å². The molecule has 5 nitrogen and oxygen atoms in total. The van der Waals surface area contributed by atoms with Crippen LogP contribution in [0.3, 0.4) is 0 Å². The lowest BCUT2D eigenvalue weighted by atomic mass is 10.1. The molecule has 0 N–H and O–H groups in total. The minimum Gasteiger partial charge on any atom is -0.258 e. The second-order valence-electron chi connectivity index (χ2n) is 3.43. The quantitative estimate of drug-likeness (QED) is 0.622. The Bertz CT molecular complexity index is 551. The van der Waals surface area contributed by atoms with Gasteiger partial charge in [-0.1, -0.05) is 41.9 Å². The molecule has 88 valence electrons. The number of aryl methyl sites for hydroxylation is 1. The second-order valence-corrected chi connectivity index (χ2v) is 3.78. The van der Waals surface area contributed by atoms with E-state index in [-0.39, 0.29) is 10.8 Å². The van der Waals surface area contributed by atoms with Crippen LogP contribution in [0.2, 0.25) is 5.15 Å². The van der Waals surface area contributed by atoms with Crippen LogP contribution in [-0.2, 0) is 6.54 Å². The van der Waals surface area contributed by atoms with E-state index in [9.17, 15) is 10.1 Å². The maximum Gasteiger partial charge on any atom is 0.333 e. The predicted molar refractivity (Wildman–Crippen MR) is 65.0 cm³/mol. The van der Waals surface area contributed by atoms with Crippen molar-refractivity contribution in [3.05, 3.63) is 45.6 Å². The van der Waals surface area contributed by atoms with E-state index in [1.165, 1.54) is 4.68 Å². The van der Waals surface area contributed by atoms with Crippen LogP contribution in [0.15, 0.2) is 30.3 Å². The van der Waals surface area contributed by atoms with Gasteiger partial charge in [-0.15, -0.1) is 0 Å². The largest absolute Gasteiger partial charge is 0.333 e. The predicted octanol–water partition coefficient (Wildman–Crippen LogP) is 3.13. The molecule has 0 amide bonds. The van der Waals surface area contributed by atoms with Crippen molar-refractivity contribution in [1.29, 1.82) is 0 Å². The first-order chi connectivity index (χ1) is 8.15. The summed E-state index contributed by atoms with van der Waals surface area (Å²) in [7, 11) is 0. The van der Waals surface area contributed by atoms with E-state index in [0.29, 0.717) is 17.8 Å². The van der Waals surface area contributed by atoms with E-state index in [0.717, 1.165) is 0 Å². The van der Waals surface area contributed by atoms with Crippen molar-refractivity contribution in [1.82, 2.24) is 9.78 Å². The number of aromatic nitrogens is 2. The molecular weight excluding hydrogens is 242 g/mol. The van der Waals surface area contributed by atoms with Crippen LogP contribution in [0.4, 0.5) is 5.69 Å². The van der Waals surface area contributed by atoms with Gasteiger partial charge in [0.2, 0.25) is 5.15 Å². The Morgan fingerprint density at radius 3 is 2.59 bits per heavy atom. The molecule has 0 atom stereocenters. The Hall–Kier alpha value is -1.88. The molecule has 1 heterocycles. The number of nitro groups is 1. The van der Waals surface area contributed by atoms with Crippen molar-refractivity contribution in [2.75, 3.05) is 0 Å². The van der Waals surface area contributed by atoms with Gasteiger partial charge >= 0.3 is 5.69 Å². The van der Waals surface area contributed by atoms with Gasteiger partial charge in [0.25, 0.3) is 0 Å². The highest BCUT2D eigenvalue weighted by molar-refractivity contribution is 6.32. The molecule has 0 saturated carbocycles. The summed E-state index contributed by atoms with van der Waals surface area (Å²) < 4.78 is 1.42. The van der Waals surface area contributed by atoms with Crippen LogP contribution in [-0.4, -0.2) is 14.7 Å². The summed E-state index contributed by atoms with van der Waals surface area (Å²) >= 11 is 5.93. The zero-order valence-electron chi connectivity index (χ0n) is 9.13. The average Bonchev–Trinajstić information content (AvgIpc) is 2.67. The maximum absolute atomic E-state index is 11.0. The molecule has 0 spiro atoms. The normalized spacial score (nSPS) is 10.5. The lowest BCUT2D eigenvalue weighted by Crippen LogP contribution is -1.96. The fourth-order valence-electron chi connectivity index (χ4n) is 1.59. The third-order valence-electron chi connectivity index (χ3n) is 2.40. The number of rotatable bonds is 3. The van der Waals surface area contributed by atoms with Gasteiger partial charge < -0.3 is 0 Å². The third-order valence-corrected chi connectivity index (χ3v) is 2.77. The molecule has 17 heavy (non-hydrogen) atoms. The number of hydrogen-bond acceptors (Lipinski definition) is 3. The Kier molecular flexibility index (Phi) is 3.10. The molecule has 0 fully saturated rings. The molecular formula is C11H10ClN3O2. The molecule has 0 aliphatic heterocycles. The Balaban J connectivity index is 2.65. The highest BCUT2D eigenvalue weighted by Crippen LogP contribution is 2.35. The summed E-state index contributed by atoms with van der Waals surface area (Å²) in [5.41, 5.74) is 0.857. The molecule has 0 aliphatic rings. The zero-order valence-corrected chi connectivity index (χ0v) is 9.89. The molecule has 6 heteroatoms. The fraction of sp³-hybridized carbons (Fsp3) is 0.182. The first-order valence-corrected chi connectivity index (χ1v) is 5.49. The number of nitrogens with zero attached hydrogens (tertiary/aromatic N) is 3. The van der Waals surface area contributed by atoms with Crippen molar-refractivity contribution in [2.45, 2.75) is 13.5 Å². The van der Waals surface area contributed by atoms with Crippen molar-refractivity contribution in [3.63, 3.8) is 0 Å². The van der Waals surface area contributed by atoms with Crippen LogP contribution in [0.5, 0.6) is 0 Å². The van der Waals surface area contributed by atoms with Crippen molar-refractivity contribution >= 4 is 17.3 Å². The van der Waals surface area contributed by atoms with Gasteiger partial charge in [0.05, 0.1) is 4.92 Å². The molecule has 0 aliphatic carbocycles. The highest BCUT2D eigenvalue weighted by atomic mass is 35.5. The average molecular weight is 252 g/mol. The zero-order chi connectivity index (χ0) is 12.4. The van der Waals surface area contributed by atoms with Gasteiger partial charge in [-0.25, -0.2) is 4.68 Å². The first kappa shape index (κ1) is 11.6. The summed E-state index contributed by atoms with van der Waals surface area (Å²) in [6.45, 7) is 2.32. The molecule has 0 saturated heterocycles. The second kappa shape index (κ2) is 4.55. The molecule has 2 aromatic rings. The highest BCUT2D eigenvalue weighted by Gasteiger charge is 2.26. The van der Waals surface area contributed by atoms with Crippen LogP contribution in [0.25, 0.3) is 11.3 Å². The Morgan fingerprint density at radius 1 is 1.41 bits per heavy atom. The number of hydrogen-bond donors (Lipinski definition) is 0. The lowest BCUT2D eigenvalue weighted by molar-refractivity contribution is -0.384. The van der Waals surface area contributed by atoms with Crippen LogP contribution in [0, 0.1) is 10.1 Å². The van der Waals surface area contributed by atoms with E-state index >= 15 is 0 Å². The van der Waals surface area contributed by atoms with E-state index in [1.54, 1.807) is 24.3 Å². The smallest absolute Gasteiger partial charge is 0.258 e.